The molecule has 0 spiro atoms. The lowest BCUT2D eigenvalue weighted by Gasteiger charge is -2.21. The van der Waals surface area contributed by atoms with Crippen molar-refractivity contribution in [2.45, 2.75) is 33.6 Å². The molecule has 65 heavy (non-hydrogen) atoms. The van der Waals surface area contributed by atoms with E-state index in [1.54, 1.807) is 0 Å². The van der Waals surface area contributed by atoms with Crippen molar-refractivity contribution in [1.82, 2.24) is 0 Å². The molecule has 10 aromatic carbocycles. The molecular weight excluding hydrogens is 781 g/mol. The van der Waals surface area contributed by atoms with E-state index < -0.39 is 0 Å². The van der Waals surface area contributed by atoms with Crippen molar-refractivity contribution >= 4 is 50.5 Å². The van der Waals surface area contributed by atoms with Crippen LogP contribution in [0.25, 0.3) is 117 Å². The van der Waals surface area contributed by atoms with Crippen LogP contribution in [0.4, 0.5) is 0 Å². The highest BCUT2D eigenvalue weighted by molar-refractivity contribution is 6.22. The van der Waals surface area contributed by atoms with Gasteiger partial charge in [-0.1, -0.05) is 221 Å². The van der Waals surface area contributed by atoms with E-state index in [1.807, 2.05) is 12.2 Å². The molecule has 0 radical (unpaired) electrons. The largest absolute Gasteiger partial charge is 0.0984 e. The van der Waals surface area contributed by atoms with E-state index in [4.69, 9.17) is 0 Å². The van der Waals surface area contributed by atoms with E-state index in [2.05, 4.69) is 234 Å². The molecular formula is C65H52. The van der Waals surface area contributed by atoms with Gasteiger partial charge in [-0.2, -0.15) is 0 Å². The second-order valence-electron chi connectivity index (χ2n) is 17.1. The lowest BCUT2D eigenvalue weighted by atomic mass is 9.82. The zero-order chi connectivity index (χ0) is 44.4. The fraction of sp³-hybridized carbons (Fsp3) is 0.0769. The maximum absolute atomic E-state index is 4.18. The molecule has 0 aromatic heterocycles. The normalized spacial score (nSPS) is 11.5. The van der Waals surface area contributed by atoms with Gasteiger partial charge in [0.25, 0.3) is 0 Å². The SMILES string of the molecule is C=Cc1ccc(-c2cc(-c3c4ccccc4c(-c4ccc(-c5cccc(C)c5C=CC)c(-c5ccc(CCC)cc5)c4)c4ccccc34)ccc2-c2cccc3ccccc23)cc1C=C. The fourth-order valence-corrected chi connectivity index (χ4v) is 10.1. The fourth-order valence-electron chi connectivity index (χ4n) is 10.1. The van der Waals surface area contributed by atoms with Crippen LogP contribution >= 0.6 is 0 Å². The van der Waals surface area contributed by atoms with Gasteiger partial charge in [-0.15, -0.1) is 0 Å². The highest BCUT2D eigenvalue weighted by Crippen LogP contribution is 2.48. The molecule has 0 fully saturated rings. The summed E-state index contributed by atoms with van der Waals surface area (Å²) in [5, 5.41) is 7.37. The van der Waals surface area contributed by atoms with E-state index in [1.165, 1.54) is 110 Å². The van der Waals surface area contributed by atoms with Gasteiger partial charge in [0.1, 0.15) is 0 Å². The van der Waals surface area contributed by atoms with Crippen molar-refractivity contribution in [3.8, 4) is 66.8 Å². The Bertz CT molecular complexity index is 3420. The molecule has 0 aliphatic rings. The minimum absolute atomic E-state index is 1.06. The summed E-state index contributed by atoms with van der Waals surface area (Å²) >= 11 is 0. The Kier molecular flexibility index (Phi) is 11.3. The van der Waals surface area contributed by atoms with Gasteiger partial charge in [0.2, 0.25) is 0 Å². The molecule has 10 rings (SSSR count). The number of fused-ring (bicyclic) bond motifs is 3. The van der Waals surface area contributed by atoms with Gasteiger partial charge in [-0.3, -0.25) is 0 Å². The molecule has 0 heterocycles. The molecule has 0 saturated carbocycles. The van der Waals surface area contributed by atoms with E-state index in [9.17, 15) is 0 Å². The molecule has 0 unspecified atom stereocenters. The van der Waals surface area contributed by atoms with Crippen molar-refractivity contribution in [2.24, 2.45) is 0 Å². The van der Waals surface area contributed by atoms with Gasteiger partial charge in [-0.05, 0) is 165 Å². The van der Waals surface area contributed by atoms with Crippen molar-refractivity contribution in [3.05, 3.63) is 235 Å². The molecule has 0 atom stereocenters. The highest BCUT2D eigenvalue weighted by Gasteiger charge is 2.21. The Hall–Kier alpha value is -7.80. The first-order chi connectivity index (χ1) is 32.0. The third-order valence-corrected chi connectivity index (χ3v) is 13.2. The molecule has 0 aliphatic heterocycles. The molecule has 0 aliphatic carbocycles. The van der Waals surface area contributed by atoms with Gasteiger partial charge >= 0.3 is 0 Å². The Morgan fingerprint density at radius 2 is 0.923 bits per heavy atom. The summed E-state index contributed by atoms with van der Waals surface area (Å²) in [7, 11) is 0. The predicted molar refractivity (Wildman–Crippen MR) is 285 cm³/mol. The van der Waals surface area contributed by atoms with Crippen LogP contribution in [-0.2, 0) is 6.42 Å². The molecule has 0 N–H and O–H groups in total. The van der Waals surface area contributed by atoms with Crippen molar-refractivity contribution < 1.29 is 0 Å². The summed E-state index contributed by atoms with van der Waals surface area (Å²) in [5.41, 5.74) is 20.5. The summed E-state index contributed by atoms with van der Waals surface area (Å²) in [6.07, 6.45) is 10.4. The van der Waals surface area contributed by atoms with Crippen LogP contribution in [0.15, 0.2) is 207 Å². The molecule has 0 saturated heterocycles. The summed E-state index contributed by atoms with van der Waals surface area (Å²) in [6.45, 7) is 14.8. The summed E-state index contributed by atoms with van der Waals surface area (Å²) < 4.78 is 0. The van der Waals surface area contributed by atoms with Crippen LogP contribution in [0.1, 0.15) is 48.1 Å². The van der Waals surface area contributed by atoms with Crippen molar-refractivity contribution in [2.75, 3.05) is 0 Å². The summed E-state index contributed by atoms with van der Waals surface area (Å²) in [6, 6.07) is 70.1. The Morgan fingerprint density at radius 1 is 0.415 bits per heavy atom. The number of aryl methyl sites for hydroxylation is 2. The predicted octanol–water partition coefficient (Wildman–Crippen LogP) is 18.7. The first-order valence-electron chi connectivity index (χ1n) is 22.9. The van der Waals surface area contributed by atoms with E-state index in [-0.39, 0.29) is 0 Å². The molecule has 0 nitrogen and oxygen atoms in total. The summed E-state index contributed by atoms with van der Waals surface area (Å²) in [5.74, 6) is 0. The quantitative estimate of drug-likeness (QED) is 0.114. The van der Waals surface area contributed by atoms with Crippen LogP contribution in [0, 0.1) is 6.92 Å². The van der Waals surface area contributed by atoms with Gasteiger partial charge in [0.15, 0.2) is 0 Å². The topological polar surface area (TPSA) is 0 Å². The minimum atomic E-state index is 1.06. The van der Waals surface area contributed by atoms with Crippen molar-refractivity contribution in [3.63, 3.8) is 0 Å². The van der Waals surface area contributed by atoms with E-state index in [0.29, 0.717) is 0 Å². The number of rotatable bonds is 11. The maximum atomic E-state index is 4.18. The summed E-state index contributed by atoms with van der Waals surface area (Å²) in [4.78, 5) is 0. The standard InChI is InChI=1S/C65H52/c1-6-18-44-30-32-48(33-31-44)62-41-50(36-38-56(62)54-28-16-20-43(5)52(54)19-7-2)64-58-24-12-14-26-60(58)65(61-27-15-13-25-59(61)64)51-37-39-57(55-29-17-22-47-21-10-11-23-53(47)55)63(42-51)49-35-34-45(8-3)46(9-4)40-49/h7-17,19-42H,3-4,6,18H2,1-2,5H3. The monoisotopic (exact) mass is 832 g/mol. The molecule has 0 bridgehead atoms. The van der Waals surface area contributed by atoms with Crippen LogP contribution < -0.4 is 0 Å². The van der Waals surface area contributed by atoms with E-state index in [0.717, 1.165) is 29.5 Å². The van der Waals surface area contributed by atoms with Crippen LogP contribution in [0.2, 0.25) is 0 Å². The van der Waals surface area contributed by atoms with Gasteiger partial charge in [0, 0.05) is 0 Å². The molecule has 0 amide bonds. The third-order valence-electron chi connectivity index (χ3n) is 13.2. The maximum Gasteiger partial charge on any atom is -0.00261 e. The van der Waals surface area contributed by atoms with Gasteiger partial charge < -0.3 is 0 Å². The number of hydrogen-bond acceptors (Lipinski definition) is 0. The average molecular weight is 833 g/mol. The molecule has 0 heteroatoms. The highest BCUT2D eigenvalue weighted by atomic mass is 14.2. The smallest absolute Gasteiger partial charge is 0.00261 e. The minimum Gasteiger partial charge on any atom is -0.0984 e. The number of benzene rings is 10. The van der Waals surface area contributed by atoms with Crippen LogP contribution in [-0.4, -0.2) is 0 Å². The first-order valence-corrected chi connectivity index (χ1v) is 22.9. The zero-order valence-electron chi connectivity index (χ0n) is 37.5. The average Bonchev–Trinajstić information content (AvgIpc) is 3.36. The van der Waals surface area contributed by atoms with E-state index >= 15 is 0 Å². The lowest BCUT2D eigenvalue weighted by Crippen LogP contribution is -1.95. The Labute approximate surface area is 384 Å². The van der Waals surface area contributed by atoms with Crippen LogP contribution in [0.5, 0.6) is 0 Å². The van der Waals surface area contributed by atoms with Crippen molar-refractivity contribution in [1.29, 1.82) is 0 Å². The Balaban J connectivity index is 1.23. The second kappa shape index (κ2) is 17.8. The Morgan fingerprint density at radius 3 is 1.52 bits per heavy atom. The number of hydrogen-bond donors (Lipinski definition) is 0. The van der Waals surface area contributed by atoms with Crippen LogP contribution in [0.3, 0.4) is 0 Å². The second-order valence-corrected chi connectivity index (χ2v) is 17.1. The third kappa shape index (κ3) is 7.52. The zero-order valence-corrected chi connectivity index (χ0v) is 37.5. The molecule has 312 valence electrons. The lowest BCUT2D eigenvalue weighted by molar-refractivity contribution is 0.922. The van der Waals surface area contributed by atoms with Gasteiger partial charge in [-0.25, -0.2) is 0 Å². The number of allylic oxidation sites excluding steroid dienone is 1. The first kappa shape index (κ1) is 41.2. The van der Waals surface area contributed by atoms with Gasteiger partial charge in [0.05, 0.1) is 0 Å². The molecule has 10 aromatic rings.